The molecule has 0 saturated carbocycles. The van der Waals surface area contributed by atoms with Crippen LogP contribution in [-0.2, 0) is 9.53 Å². The van der Waals surface area contributed by atoms with E-state index < -0.39 is 0 Å². The van der Waals surface area contributed by atoms with E-state index in [9.17, 15) is 4.79 Å². The van der Waals surface area contributed by atoms with Gasteiger partial charge in [0, 0.05) is 10.5 Å². The lowest BCUT2D eigenvalue weighted by atomic mass is 9.85. The van der Waals surface area contributed by atoms with E-state index in [-0.39, 0.29) is 5.97 Å². The van der Waals surface area contributed by atoms with E-state index in [0.29, 0.717) is 23.7 Å². The number of esters is 1. The molecule has 3 heteroatoms. The molecule has 1 rings (SSSR count). The minimum absolute atomic E-state index is 0.00807. The highest BCUT2D eigenvalue weighted by atomic mass is 32.2. The van der Waals surface area contributed by atoms with Gasteiger partial charge < -0.3 is 4.74 Å². The number of allylic oxidation sites excluding steroid dienone is 2. The van der Waals surface area contributed by atoms with Gasteiger partial charge in [-0.1, -0.05) is 136 Å². The van der Waals surface area contributed by atoms with Crippen molar-refractivity contribution in [2.24, 2.45) is 5.92 Å². The summed E-state index contributed by atoms with van der Waals surface area (Å²) in [6, 6.07) is 0. The summed E-state index contributed by atoms with van der Waals surface area (Å²) in [7, 11) is 0. The van der Waals surface area contributed by atoms with Crippen LogP contribution in [0, 0.1) is 5.92 Å². The van der Waals surface area contributed by atoms with Crippen LogP contribution in [0.2, 0.25) is 0 Å². The summed E-state index contributed by atoms with van der Waals surface area (Å²) in [4.78, 5) is 12.0. The van der Waals surface area contributed by atoms with Crippen LogP contribution < -0.4 is 0 Å². The van der Waals surface area contributed by atoms with Gasteiger partial charge in [-0.25, -0.2) is 0 Å². The molecule has 0 spiro atoms. The average Bonchev–Trinajstić information content (AvgIpc) is 2.81. The molecule has 1 aliphatic carbocycles. The molecule has 1 aliphatic rings. The maximum Gasteiger partial charge on any atom is 0.306 e. The van der Waals surface area contributed by atoms with Gasteiger partial charge in [-0.15, -0.1) is 0 Å². The van der Waals surface area contributed by atoms with E-state index in [1.165, 1.54) is 109 Å². The minimum Gasteiger partial charge on any atom is -0.466 e. The van der Waals surface area contributed by atoms with Gasteiger partial charge in [-0.2, -0.15) is 11.8 Å². The predicted molar refractivity (Wildman–Crippen MR) is 153 cm³/mol. The highest BCUT2D eigenvalue weighted by Crippen LogP contribution is 2.40. The van der Waals surface area contributed by atoms with Gasteiger partial charge >= 0.3 is 5.97 Å². The normalized spacial score (nSPS) is 18.3. The van der Waals surface area contributed by atoms with Gasteiger partial charge in [0.2, 0.25) is 0 Å². The lowest BCUT2D eigenvalue weighted by molar-refractivity contribution is -0.143. The van der Waals surface area contributed by atoms with E-state index in [4.69, 9.17) is 4.74 Å². The van der Waals surface area contributed by atoms with Crippen molar-refractivity contribution in [2.75, 3.05) is 12.4 Å². The molecule has 0 aliphatic heterocycles. The second kappa shape index (κ2) is 20.7. The molecule has 0 radical (unpaired) electrons. The van der Waals surface area contributed by atoms with Crippen molar-refractivity contribution < 1.29 is 9.53 Å². The molecule has 0 fully saturated rings. The monoisotopic (exact) mass is 494 g/mol. The fraction of sp³-hybridized carbons (Fsp3) is 0.903. The van der Waals surface area contributed by atoms with Crippen LogP contribution >= 0.6 is 11.8 Å². The quantitative estimate of drug-likeness (QED) is 0.0850. The maximum atomic E-state index is 12.0. The smallest absolute Gasteiger partial charge is 0.306 e. The molecule has 0 aromatic heterocycles. The Morgan fingerprint density at radius 2 is 1.38 bits per heavy atom. The topological polar surface area (TPSA) is 26.3 Å². The SMILES string of the molecule is CCCCCCCCCCCCCCCCCCOC(=O)CCSC1(C)CC=C(C(C)C)CC1. The summed E-state index contributed by atoms with van der Waals surface area (Å²) in [5.41, 5.74) is 1.61. The van der Waals surface area contributed by atoms with E-state index in [1.807, 2.05) is 11.8 Å². The molecule has 1 unspecified atom stereocenters. The molecular formula is C31H58O2S. The van der Waals surface area contributed by atoms with Crippen LogP contribution in [-0.4, -0.2) is 23.1 Å². The zero-order valence-corrected chi connectivity index (χ0v) is 24.3. The Hall–Kier alpha value is -0.440. The molecule has 2 nitrogen and oxygen atoms in total. The highest BCUT2D eigenvalue weighted by Gasteiger charge is 2.28. The van der Waals surface area contributed by atoms with E-state index in [1.54, 1.807) is 5.57 Å². The standard InChI is InChI=1S/C31H58O2S/c1-5-6-7-8-9-10-11-12-13-14-15-16-17-18-19-20-26-33-30(32)23-27-34-31(4)24-21-29(22-25-31)28(2)3/h21,28H,5-20,22-27H2,1-4H3. The second-order valence-electron chi connectivity index (χ2n) is 11.2. The van der Waals surface area contributed by atoms with Gasteiger partial charge in [0.1, 0.15) is 0 Å². The van der Waals surface area contributed by atoms with Crippen molar-refractivity contribution in [2.45, 2.75) is 161 Å². The summed E-state index contributed by atoms with van der Waals surface area (Å²) < 4.78 is 5.77. The van der Waals surface area contributed by atoms with Crippen LogP contribution in [0.25, 0.3) is 0 Å². The second-order valence-corrected chi connectivity index (χ2v) is 12.9. The van der Waals surface area contributed by atoms with Crippen molar-refractivity contribution in [3.05, 3.63) is 11.6 Å². The number of hydrogen-bond donors (Lipinski definition) is 0. The predicted octanol–water partition coefficient (Wildman–Crippen LogP) is 10.4. The number of hydrogen-bond acceptors (Lipinski definition) is 3. The van der Waals surface area contributed by atoms with Crippen molar-refractivity contribution in [3.63, 3.8) is 0 Å². The van der Waals surface area contributed by atoms with Gasteiger partial charge in [0.05, 0.1) is 13.0 Å². The molecule has 0 N–H and O–H groups in total. The fourth-order valence-electron chi connectivity index (χ4n) is 4.90. The van der Waals surface area contributed by atoms with Crippen LogP contribution in [0.15, 0.2) is 11.6 Å². The van der Waals surface area contributed by atoms with E-state index >= 15 is 0 Å². The summed E-state index contributed by atoms with van der Waals surface area (Å²) >= 11 is 1.96. The summed E-state index contributed by atoms with van der Waals surface area (Å²) in [5, 5.41) is 0. The third-order valence-corrected chi connectivity index (χ3v) is 8.97. The fourth-order valence-corrected chi connectivity index (χ4v) is 6.11. The Labute approximate surface area is 217 Å². The summed E-state index contributed by atoms with van der Waals surface area (Å²) in [6.07, 6.45) is 28.5. The third kappa shape index (κ3) is 17.1. The van der Waals surface area contributed by atoms with Crippen molar-refractivity contribution in [3.8, 4) is 0 Å². The summed E-state index contributed by atoms with van der Waals surface area (Å²) in [6.45, 7) is 9.83. The van der Waals surface area contributed by atoms with E-state index in [0.717, 1.165) is 18.6 Å². The number of carbonyl (C=O) groups excluding carboxylic acids is 1. The number of rotatable bonds is 22. The van der Waals surface area contributed by atoms with Gasteiger partial charge in [0.25, 0.3) is 0 Å². The van der Waals surface area contributed by atoms with Crippen molar-refractivity contribution in [1.29, 1.82) is 0 Å². The molecule has 0 amide bonds. The first-order valence-electron chi connectivity index (χ1n) is 15.0. The van der Waals surface area contributed by atoms with Crippen molar-refractivity contribution in [1.82, 2.24) is 0 Å². The molecule has 0 saturated heterocycles. The molecule has 0 bridgehead atoms. The van der Waals surface area contributed by atoms with Crippen LogP contribution in [0.3, 0.4) is 0 Å². The molecule has 0 heterocycles. The lowest BCUT2D eigenvalue weighted by Gasteiger charge is -2.33. The van der Waals surface area contributed by atoms with Crippen molar-refractivity contribution >= 4 is 17.7 Å². The minimum atomic E-state index is -0.00807. The molecule has 0 aromatic carbocycles. The van der Waals surface area contributed by atoms with Crippen LogP contribution in [0.4, 0.5) is 0 Å². The molecule has 200 valence electrons. The van der Waals surface area contributed by atoms with Gasteiger partial charge in [-0.3, -0.25) is 4.79 Å². The number of ether oxygens (including phenoxy) is 1. The van der Waals surface area contributed by atoms with E-state index in [2.05, 4.69) is 33.8 Å². The van der Waals surface area contributed by atoms with Crippen LogP contribution in [0.1, 0.15) is 156 Å². The van der Waals surface area contributed by atoms with Gasteiger partial charge in [0.15, 0.2) is 0 Å². The third-order valence-electron chi connectivity index (χ3n) is 7.50. The Balaban J connectivity index is 1.83. The Bertz CT molecular complexity index is 528. The molecular weight excluding hydrogens is 436 g/mol. The number of carbonyl (C=O) groups is 1. The first-order valence-corrected chi connectivity index (χ1v) is 15.9. The lowest BCUT2D eigenvalue weighted by Crippen LogP contribution is -2.24. The largest absolute Gasteiger partial charge is 0.466 e. The zero-order valence-electron chi connectivity index (χ0n) is 23.4. The first kappa shape index (κ1) is 31.6. The molecule has 1 atom stereocenters. The Kier molecular flexibility index (Phi) is 19.3. The first-order chi connectivity index (χ1) is 16.5. The maximum absolute atomic E-state index is 12.0. The number of unbranched alkanes of at least 4 members (excludes halogenated alkanes) is 15. The molecule has 34 heavy (non-hydrogen) atoms. The average molecular weight is 495 g/mol. The zero-order chi connectivity index (χ0) is 24.9. The number of thioether (sulfide) groups is 1. The van der Waals surface area contributed by atoms with Gasteiger partial charge in [-0.05, 0) is 31.6 Å². The Morgan fingerprint density at radius 3 is 1.82 bits per heavy atom. The Morgan fingerprint density at radius 1 is 0.882 bits per heavy atom. The molecule has 0 aromatic rings. The highest BCUT2D eigenvalue weighted by molar-refractivity contribution is 8.00. The van der Waals surface area contributed by atoms with Crippen LogP contribution in [0.5, 0.6) is 0 Å². The summed E-state index contributed by atoms with van der Waals surface area (Å²) in [5.74, 6) is 1.56.